The van der Waals surface area contributed by atoms with Gasteiger partial charge in [0.05, 0.1) is 0 Å². The van der Waals surface area contributed by atoms with E-state index < -0.39 is 0 Å². The molecule has 0 atom stereocenters. The van der Waals surface area contributed by atoms with Crippen LogP contribution in [0.15, 0.2) is 36.7 Å². The minimum Gasteiger partial charge on any atom is -0.396 e. The molecule has 0 radical (unpaired) electrons. The molecule has 2 nitrogen and oxygen atoms in total. The van der Waals surface area contributed by atoms with Crippen LogP contribution in [0.5, 0.6) is 0 Å². The normalized spacial score (nSPS) is 25.2. The first-order valence-electron chi connectivity index (χ1n) is 6.54. The Balaban J connectivity index is 1.80. The number of fused-ring (bicyclic) bond motifs is 1. The van der Waals surface area contributed by atoms with Crippen molar-refractivity contribution in [2.75, 3.05) is 6.61 Å². The zero-order chi connectivity index (χ0) is 11.7. The molecule has 90 valence electrons. The Labute approximate surface area is 102 Å². The first kappa shape index (κ1) is 10.8. The molecule has 1 N–H and O–H groups in total. The van der Waals surface area contributed by atoms with Crippen LogP contribution in [-0.4, -0.2) is 16.3 Å². The molecule has 0 spiro atoms. The number of nitrogens with zero attached hydrogens (tertiary/aromatic N) is 1. The van der Waals surface area contributed by atoms with Gasteiger partial charge in [-0.2, -0.15) is 0 Å². The first-order chi connectivity index (χ1) is 8.36. The summed E-state index contributed by atoms with van der Waals surface area (Å²) in [7, 11) is 0. The average molecular weight is 229 g/mol. The summed E-state index contributed by atoms with van der Waals surface area (Å²) in [4.78, 5) is 0. The summed E-state index contributed by atoms with van der Waals surface area (Å²) in [6, 6.07) is 9.16. The standard InChI is InChI=1S/C15H19NO/c17-11-12-5-7-15(8-6-12)16-9-13-3-1-2-4-14(13)10-16/h1-4,9-10,12,15,17H,5-8,11H2. The van der Waals surface area contributed by atoms with E-state index in [2.05, 4.69) is 41.2 Å². The summed E-state index contributed by atoms with van der Waals surface area (Å²) in [5.41, 5.74) is 0. The molecule has 0 aliphatic heterocycles. The summed E-state index contributed by atoms with van der Waals surface area (Å²) >= 11 is 0. The third kappa shape index (κ3) is 2.09. The molecule has 0 saturated heterocycles. The van der Waals surface area contributed by atoms with Gasteiger partial charge in [-0.05, 0) is 42.4 Å². The molecular formula is C15H19NO. The summed E-state index contributed by atoms with van der Waals surface area (Å²) in [6.45, 7) is 0.361. The molecule has 1 saturated carbocycles. The molecule has 1 aromatic heterocycles. The highest BCUT2D eigenvalue weighted by Gasteiger charge is 2.21. The zero-order valence-electron chi connectivity index (χ0n) is 10.0. The summed E-state index contributed by atoms with van der Waals surface area (Å²) in [5.74, 6) is 0.538. The van der Waals surface area contributed by atoms with E-state index >= 15 is 0 Å². The zero-order valence-corrected chi connectivity index (χ0v) is 10.0. The lowest BCUT2D eigenvalue weighted by Crippen LogP contribution is -2.19. The molecule has 2 heteroatoms. The van der Waals surface area contributed by atoms with Crippen molar-refractivity contribution < 1.29 is 5.11 Å². The van der Waals surface area contributed by atoms with Gasteiger partial charge < -0.3 is 9.67 Å². The van der Waals surface area contributed by atoms with E-state index in [0.29, 0.717) is 18.6 Å². The molecule has 3 rings (SSSR count). The van der Waals surface area contributed by atoms with Crippen LogP contribution in [0, 0.1) is 5.92 Å². The van der Waals surface area contributed by atoms with Crippen molar-refractivity contribution in [3.05, 3.63) is 36.7 Å². The minimum absolute atomic E-state index is 0.361. The fourth-order valence-electron chi connectivity index (χ4n) is 2.94. The fourth-order valence-corrected chi connectivity index (χ4v) is 2.94. The average Bonchev–Trinajstić information content (AvgIpc) is 2.82. The second-order valence-corrected chi connectivity index (χ2v) is 5.19. The lowest BCUT2D eigenvalue weighted by atomic mass is 9.86. The highest BCUT2D eigenvalue weighted by Crippen LogP contribution is 2.33. The van der Waals surface area contributed by atoms with Crippen LogP contribution in [0.25, 0.3) is 10.8 Å². The third-order valence-electron chi connectivity index (χ3n) is 4.07. The molecule has 1 fully saturated rings. The van der Waals surface area contributed by atoms with Gasteiger partial charge in [-0.3, -0.25) is 0 Å². The van der Waals surface area contributed by atoms with Gasteiger partial charge in [-0.25, -0.2) is 0 Å². The number of rotatable bonds is 2. The quantitative estimate of drug-likeness (QED) is 0.839. The third-order valence-corrected chi connectivity index (χ3v) is 4.07. The van der Waals surface area contributed by atoms with Crippen molar-refractivity contribution in [2.24, 2.45) is 5.92 Å². The van der Waals surface area contributed by atoms with Gasteiger partial charge in [0.1, 0.15) is 0 Å². The van der Waals surface area contributed by atoms with Gasteiger partial charge in [0.25, 0.3) is 0 Å². The number of aliphatic hydroxyl groups is 1. The van der Waals surface area contributed by atoms with Gasteiger partial charge in [0, 0.05) is 25.0 Å². The molecular weight excluding hydrogens is 210 g/mol. The topological polar surface area (TPSA) is 25.2 Å². The molecule has 0 amide bonds. The van der Waals surface area contributed by atoms with Crippen LogP contribution in [0.3, 0.4) is 0 Å². The minimum atomic E-state index is 0.361. The lowest BCUT2D eigenvalue weighted by Gasteiger charge is -2.28. The van der Waals surface area contributed by atoms with Crippen molar-refractivity contribution in [3.8, 4) is 0 Å². The van der Waals surface area contributed by atoms with Crippen molar-refractivity contribution >= 4 is 10.8 Å². The van der Waals surface area contributed by atoms with Crippen LogP contribution < -0.4 is 0 Å². The summed E-state index contributed by atoms with van der Waals surface area (Å²) in [6.07, 6.45) is 9.25. The number of hydrogen-bond acceptors (Lipinski definition) is 1. The SMILES string of the molecule is OCC1CCC(n2cc3ccccc3c2)CC1. The predicted octanol–water partition coefficient (Wildman–Crippen LogP) is 3.36. The lowest BCUT2D eigenvalue weighted by molar-refractivity contribution is 0.169. The number of benzene rings is 1. The first-order valence-corrected chi connectivity index (χ1v) is 6.54. The van der Waals surface area contributed by atoms with Gasteiger partial charge in [0.2, 0.25) is 0 Å². The van der Waals surface area contributed by atoms with Gasteiger partial charge in [-0.1, -0.05) is 24.3 Å². The van der Waals surface area contributed by atoms with Crippen LogP contribution in [0.2, 0.25) is 0 Å². The molecule has 17 heavy (non-hydrogen) atoms. The van der Waals surface area contributed by atoms with Crippen LogP contribution in [0.1, 0.15) is 31.7 Å². The smallest absolute Gasteiger partial charge is 0.0459 e. The Kier molecular flexibility index (Phi) is 2.89. The Morgan fingerprint density at radius 3 is 2.12 bits per heavy atom. The highest BCUT2D eigenvalue weighted by atomic mass is 16.3. The second kappa shape index (κ2) is 4.53. The fraction of sp³-hybridized carbons (Fsp3) is 0.467. The Morgan fingerprint density at radius 1 is 1.00 bits per heavy atom. The van der Waals surface area contributed by atoms with Crippen molar-refractivity contribution in [1.82, 2.24) is 4.57 Å². The highest BCUT2D eigenvalue weighted by molar-refractivity contribution is 5.82. The van der Waals surface area contributed by atoms with Crippen LogP contribution in [0.4, 0.5) is 0 Å². The predicted molar refractivity (Wildman–Crippen MR) is 70.0 cm³/mol. The number of hydrogen-bond donors (Lipinski definition) is 1. The van der Waals surface area contributed by atoms with Gasteiger partial charge >= 0.3 is 0 Å². The molecule has 1 aliphatic rings. The van der Waals surface area contributed by atoms with Crippen molar-refractivity contribution in [3.63, 3.8) is 0 Å². The van der Waals surface area contributed by atoms with E-state index in [4.69, 9.17) is 5.11 Å². The van der Waals surface area contributed by atoms with E-state index in [1.54, 1.807) is 0 Å². The van der Waals surface area contributed by atoms with Gasteiger partial charge in [0.15, 0.2) is 0 Å². The Bertz CT molecular complexity index is 461. The van der Waals surface area contributed by atoms with Gasteiger partial charge in [-0.15, -0.1) is 0 Å². The molecule has 2 aromatic rings. The van der Waals surface area contributed by atoms with E-state index in [0.717, 1.165) is 12.8 Å². The molecule has 0 bridgehead atoms. The van der Waals surface area contributed by atoms with Crippen LogP contribution in [-0.2, 0) is 0 Å². The molecule has 0 unspecified atom stereocenters. The summed E-state index contributed by atoms with van der Waals surface area (Å²) in [5, 5.41) is 11.8. The maximum Gasteiger partial charge on any atom is 0.0459 e. The Hall–Kier alpha value is -1.28. The maximum atomic E-state index is 9.16. The van der Waals surface area contributed by atoms with Crippen molar-refractivity contribution in [1.29, 1.82) is 0 Å². The largest absolute Gasteiger partial charge is 0.396 e. The van der Waals surface area contributed by atoms with E-state index in [1.165, 1.54) is 23.6 Å². The van der Waals surface area contributed by atoms with E-state index in [9.17, 15) is 0 Å². The monoisotopic (exact) mass is 229 g/mol. The van der Waals surface area contributed by atoms with Crippen molar-refractivity contribution in [2.45, 2.75) is 31.7 Å². The Morgan fingerprint density at radius 2 is 1.59 bits per heavy atom. The number of aromatic nitrogens is 1. The number of aliphatic hydroxyl groups excluding tert-OH is 1. The van der Waals surface area contributed by atoms with E-state index in [1.807, 2.05) is 0 Å². The van der Waals surface area contributed by atoms with Crippen LogP contribution >= 0.6 is 0 Å². The molecule has 1 heterocycles. The molecule has 1 aromatic carbocycles. The maximum absolute atomic E-state index is 9.16. The second-order valence-electron chi connectivity index (χ2n) is 5.19. The summed E-state index contributed by atoms with van der Waals surface area (Å²) < 4.78 is 2.37. The molecule has 1 aliphatic carbocycles. The van der Waals surface area contributed by atoms with E-state index in [-0.39, 0.29) is 0 Å².